The van der Waals surface area contributed by atoms with Gasteiger partial charge < -0.3 is 4.42 Å². The standard InChI is InChI=1S/C15H18FNO2/c1-15(2,3)19-17-10-13-8-9-14(18-13)11-4-6-12(16)7-5-11/h4-9,17H,10H2,1-3H3. The molecule has 1 aromatic heterocycles. The second-order valence-corrected chi connectivity index (χ2v) is 5.31. The summed E-state index contributed by atoms with van der Waals surface area (Å²) >= 11 is 0. The molecule has 0 fully saturated rings. The van der Waals surface area contributed by atoms with Crippen molar-refractivity contribution in [1.82, 2.24) is 5.48 Å². The Kier molecular flexibility index (Phi) is 4.02. The van der Waals surface area contributed by atoms with Gasteiger partial charge in [-0.3, -0.25) is 4.84 Å². The lowest BCUT2D eigenvalue weighted by atomic mass is 10.2. The fraction of sp³-hybridized carbons (Fsp3) is 0.333. The van der Waals surface area contributed by atoms with Crippen LogP contribution in [-0.2, 0) is 11.4 Å². The van der Waals surface area contributed by atoms with E-state index in [1.54, 1.807) is 12.1 Å². The first kappa shape index (κ1) is 13.8. The highest BCUT2D eigenvalue weighted by Gasteiger charge is 2.11. The lowest BCUT2D eigenvalue weighted by Crippen LogP contribution is -2.28. The summed E-state index contributed by atoms with van der Waals surface area (Å²) in [7, 11) is 0. The largest absolute Gasteiger partial charge is 0.460 e. The van der Waals surface area contributed by atoms with Crippen LogP contribution < -0.4 is 5.48 Å². The van der Waals surface area contributed by atoms with Gasteiger partial charge in [0.15, 0.2) is 0 Å². The molecule has 0 radical (unpaired) electrons. The summed E-state index contributed by atoms with van der Waals surface area (Å²) < 4.78 is 18.5. The molecule has 0 aliphatic heterocycles. The van der Waals surface area contributed by atoms with E-state index < -0.39 is 0 Å². The molecule has 2 rings (SSSR count). The van der Waals surface area contributed by atoms with Gasteiger partial charge in [0.25, 0.3) is 0 Å². The monoisotopic (exact) mass is 263 g/mol. The molecule has 0 aliphatic carbocycles. The Morgan fingerprint density at radius 3 is 2.42 bits per heavy atom. The van der Waals surface area contributed by atoms with Crippen molar-refractivity contribution in [2.45, 2.75) is 32.9 Å². The minimum atomic E-state index is -0.254. The third-order valence-electron chi connectivity index (χ3n) is 2.42. The summed E-state index contributed by atoms with van der Waals surface area (Å²) in [5.41, 5.74) is 3.47. The molecule has 2 aromatic rings. The van der Waals surface area contributed by atoms with Crippen LogP contribution in [0.2, 0.25) is 0 Å². The van der Waals surface area contributed by atoms with E-state index in [0.29, 0.717) is 12.3 Å². The van der Waals surface area contributed by atoms with Crippen LogP contribution >= 0.6 is 0 Å². The average molecular weight is 263 g/mol. The van der Waals surface area contributed by atoms with Crippen LogP contribution in [0.15, 0.2) is 40.8 Å². The molecule has 4 heteroatoms. The van der Waals surface area contributed by atoms with Gasteiger partial charge in [-0.25, -0.2) is 4.39 Å². The van der Waals surface area contributed by atoms with Gasteiger partial charge in [-0.05, 0) is 57.2 Å². The molecule has 0 spiro atoms. The Balaban J connectivity index is 1.97. The first-order valence-corrected chi connectivity index (χ1v) is 6.19. The lowest BCUT2D eigenvalue weighted by molar-refractivity contribution is -0.0774. The SMILES string of the molecule is CC(C)(C)ONCc1ccc(-c2ccc(F)cc2)o1. The van der Waals surface area contributed by atoms with Crippen LogP contribution in [-0.4, -0.2) is 5.60 Å². The van der Waals surface area contributed by atoms with Gasteiger partial charge in [0.1, 0.15) is 17.3 Å². The van der Waals surface area contributed by atoms with E-state index in [4.69, 9.17) is 9.25 Å². The number of rotatable bonds is 4. The van der Waals surface area contributed by atoms with Crippen LogP contribution in [0.3, 0.4) is 0 Å². The molecule has 3 nitrogen and oxygen atoms in total. The van der Waals surface area contributed by atoms with Gasteiger partial charge in [0.05, 0.1) is 12.1 Å². The van der Waals surface area contributed by atoms with E-state index in [1.807, 2.05) is 32.9 Å². The summed E-state index contributed by atoms with van der Waals surface area (Å²) in [5.74, 6) is 1.23. The second-order valence-electron chi connectivity index (χ2n) is 5.31. The van der Waals surface area contributed by atoms with Crippen LogP contribution in [0.4, 0.5) is 4.39 Å². The first-order valence-electron chi connectivity index (χ1n) is 6.19. The predicted octanol–water partition coefficient (Wildman–Crippen LogP) is 3.91. The number of hydroxylamine groups is 1. The molecule has 0 saturated carbocycles. The van der Waals surface area contributed by atoms with E-state index in [-0.39, 0.29) is 11.4 Å². The van der Waals surface area contributed by atoms with Gasteiger partial charge in [-0.2, -0.15) is 5.48 Å². The van der Waals surface area contributed by atoms with Gasteiger partial charge in [0, 0.05) is 5.56 Å². The molecule has 1 heterocycles. The minimum Gasteiger partial charge on any atom is -0.460 e. The van der Waals surface area contributed by atoms with Crippen molar-refractivity contribution in [3.63, 3.8) is 0 Å². The molecular formula is C15H18FNO2. The third kappa shape index (κ3) is 4.19. The highest BCUT2D eigenvalue weighted by molar-refractivity contribution is 5.57. The molecule has 0 amide bonds. The zero-order chi connectivity index (χ0) is 13.9. The van der Waals surface area contributed by atoms with Gasteiger partial charge in [-0.1, -0.05) is 0 Å². The highest BCUT2D eigenvalue weighted by atomic mass is 19.1. The molecular weight excluding hydrogens is 245 g/mol. The summed E-state index contributed by atoms with van der Waals surface area (Å²) in [6.45, 7) is 6.38. The Morgan fingerprint density at radius 1 is 1.11 bits per heavy atom. The van der Waals surface area contributed by atoms with Crippen LogP contribution in [0.25, 0.3) is 11.3 Å². The van der Waals surface area contributed by atoms with Crippen molar-refractivity contribution in [2.24, 2.45) is 0 Å². The maximum Gasteiger partial charge on any atom is 0.134 e. The van der Waals surface area contributed by atoms with E-state index in [0.717, 1.165) is 11.3 Å². The van der Waals surface area contributed by atoms with E-state index in [1.165, 1.54) is 12.1 Å². The summed E-state index contributed by atoms with van der Waals surface area (Å²) in [6.07, 6.45) is 0. The van der Waals surface area contributed by atoms with Gasteiger partial charge in [-0.15, -0.1) is 0 Å². The minimum absolute atomic E-state index is 0.244. The van der Waals surface area contributed by atoms with Crippen molar-refractivity contribution >= 4 is 0 Å². The maximum absolute atomic E-state index is 12.8. The van der Waals surface area contributed by atoms with Gasteiger partial charge in [0.2, 0.25) is 0 Å². The number of hydrogen-bond acceptors (Lipinski definition) is 3. The predicted molar refractivity (Wildman–Crippen MR) is 71.8 cm³/mol. The van der Waals surface area contributed by atoms with E-state index >= 15 is 0 Å². The summed E-state index contributed by atoms with van der Waals surface area (Å²) in [5, 5.41) is 0. The Hall–Kier alpha value is -1.65. The fourth-order valence-corrected chi connectivity index (χ4v) is 1.57. The quantitative estimate of drug-likeness (QED) is 0.849. The smallest absolute Gasteiger partial charge is 0.134 e. The molecule has 0 unspecified atom stereocenters. The van der Waals surface area contributed by atoms with Crippen LogP contribution in [0.1, 0.15) is 26.5 Å². The average Bonchev–Trinajstić information content (AvgIpc) is 2.77. The fourth-order valence-electron chi connectivity index (χ4n) is 1.57. The molecule has 0 saturated heterocycles. The number of halogens is 1. The number of nitrogens with one attached hydrogen (secondary N) is 1. The molecule has 0 atom stereocenters. The van der Waals surface area contributed by atoms with Crippen molar-refractivity contribution in [3.05, 3.63) is 48.0 Å². The molecule has 1 N–H and O–H groups in total. The Bertz CT molecular complexity index is 526. The lowest BCUT2D eigenvalue weighted by Gasteiger charge is -2.18. The summed E-state index contributed by atoms with van der Waals surface area (Å²) in [6, 6.07) is 9.95. The normalized spacial score (nSPS) is 11.8. The van der Waals surface area contributed by atoms with E-state index in [9.17, 15) is 4.39 Å². The second kappa shape index (κ2) is 5.55. The number of benzene rings is 1. The van der Waals surface area contributed by atoms with Crippen molar-refractivity contribution in [2.75, 3.05) is 0 Å². The van der Waals surface area contributed by atoms with Crippen LogP contribution in [0.5, 0.6) is 0 Å². The molecule has 19 heavy (non-hydrogen) atoms. The Morgan fingerprint density at radius 2 is 1.79 bits per heavy atom. The van der Waals surface area contributed by atoms with E-state index in [2.05, 4.69) is 5.48 Å². The zero-order valence-electron chi connectivity index (χ0n) is 11.4. The third-order valence-corrected chi connectivity index (χ3v) is 2.42. The Labute approximate surface area is 112 Å². The maximum atomic E-state index is 12.8. The zero-order valence-corrected chi connectivity index (χ0v) is 11.4. The van der Waals surface area contributed by atoms with Crippen LogP contribution in [0, 0.1) is 5.82 Å². The van der Waals surface area contributed by atoms with Crippen molar-refractivity contribution < 1.29 is 13.6 Å². The van der Waals surface area contributed by atoms with Crippen molar-refractivity contribution in [3.8, 4) is 11.3 Å². The first-order chi connectivity index (χ1) is 8.94. The van der Waals surface area contributed by atoms with Crippen molar-refractivity contribution in [1.29, 1.82) is 0 Å². The molecule has 1 aromatic carbocycles. The molecule has 0 bridgehead atoms. The topological polar surface area (TPSA) is 34.4 Å². The molecule has 0 aliphatic rings. The number of hydrogen-bond donors (Lipinski definition) is 1. The number of furan rings is 1. The summed E-state index contributed by atoms with van der Waals surface area (Å²) in [4.78, 5) is 5.40. The van der Waals surface area contributed by atoms with Gasteiger partial charge >= 0.3 is 0 Å². The highest BCUT2D eigenvalue weighted by Crippen LogP contribution is 2.22. The molecule has 102 valence electrons.